The number of carbonyl (C=O) groups excluding carboxylic acids is 1. The number of halogens is 1. The van der Waals surface area contributed by atoms with Gasteiger partial charge >= 0.3 is 6.09 Å². The first kappa shape index (κ1) is 18.4. The Kier molecular flexibility index (Phi) is 6.11. The monoisotopic (exact) mass is 438 g/mol. The van der Waals surface area contributed by atoms with Gasteiger partial charge in [0.1, 0.15) is 0 Å². The molecule has 0 saturated carbocycles. The van der Waals surface area contributed by atoms with Crippen molar-refractivity contribution < 1.29 is 9.53 Å². The van der Waals surface area contributed by atoms with E-state index in [0.29, 0.717) is 6.42 Å². The van der Waals surface area contributed by atoms with Crippen LogP contribution in [0, 0.1) is 0 Å². The van der Waals surface area contributed by atoms with Gasteiger partial charge in [0.15, 0.2) is 0 Å². The molecular formula is C18H19BrN2O2S2. The molecule has 25 heavy (non-hydrogen) atoms. The molecule has 3 aromatic rings. The van der Waals surface area contributed by atoms with Crippen LogP contribution in [0.15, 0.2) is 45.6 Å². The lowest BCUT2D eigenvalue weighted by atomic mass is 10.1. The van der Waals surface area contributed by atoms with Crippen LogP contribution in [0.25, 0.3) is 10.1 Å². The summed E-state index contributed by atoms with van der Waals surface area (Å²) in [6.07, 6.45) is 0.148. The highest BCUT2D eigenvalue weighted by Crippen LogP contribution is 2.24. The van der Waals surface area contributed by atoms with E-state index in [1.54, 1.807) is 22.7 Å². The number of alkyl carbamates (subject to hydrolysis) is 1. The maximum atomic E-state index is 11.8. The molecule has 0 fully saturated rings. The zero-order valence-electron chi connectivity index (χ0n) is 14.0. The third kappa shape index (κ3) is 4.82. The first-order chi connectivity index (χ1) is 12.0. The van der Waals surface area contributed by atoms with Crippen molar-refractivity contribution in [2.24, 2.45) is 0 Å². The second-order valence-corrected chi connectivity index (χ2v) is 8.65. The molecule has 132 valence electrons. The fraction of sp³-hybridized carbons (Fsp3) is 0.278. The van der Waals surface area contributed by atoms with Crippen LogP contribution in [-0.2, 0) is 17.7 Å². The minimum absolute atomic E-state index is 0.149. The molecule has 2 aromatic heterocycles. The average molecular weight is 439 g/mol. The SMILES string of the molecule is COC(=O)NC(Cc1ccc2sccc2c1)N(C)Cc1cc(Br)cs1. The number of benzene rings is 1. The topological polar surface area (TPSA) is 41.6 Å². The second kappa shape index (κ2) is 8.31. The lowest BCUT2D eigenvalue weighted by molar-refractivity contribution is 0.139. The van der Waals surface area contributed by atoms with E-state index in [-0.39, 0.29) is 6.17 Å². The number of carbonyl (C=O) groups is 1. The van der Waals surface area contributed by atoms with E-state index in [0.717, 1.165) is 11.0 Å². The van der Waals surface area contributed by atoms with Crippen molar-refractivity contribution in [3.05, 3.63) is 56.0 Å². The molecule has 0 saturated heterocycles. The number of ether oxygens (including phenoxy) is 1. The zero-order chi connectivity index (χ0) is 17.8. The molecule has 0 spiro atoms. The van der Waals surface area contributed by atoms with Gasteiger partial charge in [0.25, 0.3) is 0 Å². The minimum atomic E-state index is -0.416. The average Bonchev–Trinajstić information content (AvgIpc) is 3.22. The largest absolute Gasteiger partial charge is 0.453 e. The molecule has 0 bridgehead atoms. The summed E-state index contributed by atoms with van der Waals surface area (Å²) in [5, 5.41) is 8.35. The molecule has 0 radical (unpaired) electrons. The first-order valence-electron chi connectivity index (χ1n) is 7.79. The Hall–Kier alpha value is -1.41. The van der Waals surface area contributed by atoms with Crippen molar-refractivity contribution in [1.29, 1.82) is 0 Å². The Morgan fingerprint density at radius 2 is 2.16 bits per heavy atom. The molecule has 4 nitrogen and oxygen atoms in total. The predicted molar refractivity (Wildman–Crippen MR) is 108 cm³/mol. The lowest BCUT2D eigenvalue weighted by Gasteiger charge is -2.28. The number of methoxy groups -OCH3 is 1. The third-order valence-corrected chi connectivity index (χ3v) is 6.56. The normalized spacial score (nSPS) is 12.5. The van der Waals surface area contributed by atoms with Crippen molar-refractivity contribution in [2.75, 3.05) is 14.2 Å². The summed E-state index contributed by atoms with van der Waals surface area (Å²) in [4.78, 5) is 15.1. The molecule has 1 N–H and O–H groups in total. The van der Waals surface area contributed by atoms with Gasteiger partial charge < -0.3 is 10.1 Å². The Morgan fingerprint density at radius 1 is 1.32 bits per heavy atom. The Bertz CT molecular complexity index is 862. The molecule has 3 rings (SSSR count). The summed E-state index contributed by atoms with van der Waals surface area (Å²) in [6, 6.07) is 10.7. The number of thiophene rings is 2. The molecule has 7 heteroatoms. The van der Waals surface area contributed by atoms with Crippen LogP contribution in [0.3, 0.4) is 0 Å². The van der Waals surface area contributed by atoms with Crippen molar-refractivity contribution >= 4 is 54.8 Å². The second-order valence-electron chi connectivity index (χ2n) is 5.79. The molecule has 1 unspecified atom stereocenters. The number of nitrogens with one attached hydrogen (secondary N) is 1. The number of likely N-dealkylation sites (N-methyl/N-ethyl adjacent to an activating group) is 1. The van der Waals surface area contributed by atoms with Gasteiger partial charge in [-0.2, -0.15) is 0 Å². The zero-order valence-corrected chi connectivity index (χ0v) is 17.2. The fourth-order valence-corrected chi connectivity index (χ4v) is 4.96. The van der Waals surface area contributed by atoms with Crippen LogP contribution in [0.2, 0.25) is 0 Å². The van der Waals surface area contributed by atoms with E-state index in [4.69, 9.17) is 4.74 Å². The van der Waals surface area contributed by atoms with E-state index in [9.17, 15) is 4.79 Å². The molecule has 0 aliphatic heterocycles. The summed E-state index contributed by atoms with van der Waals surface area (Å²) in [5.41, 5.74) is 1.19. The molecule has 0 aliphatic rings. The van der Waals surface area contributed by atoms with Crippen molar-refractivity contribution in [3.63, 3.8) is 0 Å². The van der Waals surface area contributed by atoms with Crippen LogP contribution >= 0.6 is 38.6 Å². The fourth-order valence-electron chi connectivity index (χ4n) is 2.67. The number of hydrogen-bond donors (Lipinski definition) is 1. The van der Waals surface area contributed by atoms with Gasteiger partial charge in [0, 0.05) is 32.4 Å². The third-order valence-electron chi connectivity index (χ3n) is 3.97. The number of amides is 1. The number of fused-ring (bicyclic) bond motifs is 1. The smallest absolute Gasteiger partial charge is 0.408 e. The van der Waals surface area contributed by atoms with E-state index in [1.807, 2.05) is 7.05 Å². The number of nitrogens with zero attached hydrogens (tertiary/aromatic N) is 1. The summed E-state index contributed by atoms with van der Waals surface area (Å²) >= 11 is 6.92. The minimum Gasteiger partial charge on any atom is -0.453 e. The van der Waals surface area contributed by atoms with Gasteiger partial charge in [0.05, 0.1) is 13.3 Å². The quantitative estimate of drug-likeness (QED) is 0.545. The Labute approximate surface area is 163 Å². The van der Waals surface area contributed by atoms with Crippen molar-refractivity contribution in [2.45, 2.75) is 19.1 Å². The van der Waals surface area contributed by atoms with Crippen LogP contribution < -0.4 is 5.32 Å². The highest BCUT2D eigenvalue weighted by atomic mass is 79.9. The highest BCUT2D eigenvalue weighted by molar-refractivity contribution is 9.10. The molecular weight excluding hydrogens is 420 g/mol. The molecule has 1 amide bonds. The summed E-state index contributed by atoms with van der Waals surface area (Å²) in [5.74, 6) is 0. The maximum Gasteiger partial charge on any atom is 0.408 e. The standard InChI is InChI=1S/C18H19BrN2O2S2/c1-21(10-15-9-14(19)11-25-15)17(20-18(22)23-2)8-12-3-4-16-13(7-12)5-6-24-16/h3-7,9,11,17H,8,10H2,1-2H3,(H,20,22). The van der Waals surface area contributed by atoms with Crippen LogP contribution in [0.5, 0.6) is 0 Å². The molecule has 0 aliphatic carbocycles. The van der Waals surface area contributed by atoms with Gasteiger partial charge in [-0.25, -0.2) is 4.79 Å². The Morgan fingerprint density at radius 3 is 2.88 bits per heavy atom. The van der Waals surface area contributed by atoms with Crippen molar-refractivity contribution in [3.8, 4) is 0 Å². The summed E-state index contributed by atoms with van der Waals surface area (Å²) < 4.78 is 7.16. The van der Waals surface area contributed by atoms with Gasteiger partial charge in [-0.15, -0.1) is 22.7 Å². The van der Waals surface area contributed by atoms with Crippen LogP contribution in [0.1, 0.15) is 10.4 Å². The predicted octanol–water partition coefficient (Wildman–Crippen LogP) is 5.08. The van der Waals surface area contributed by atoms with Gasteiger partial charge in [-0.05, 0) is 57.5 Å². The van der Waals surface area contributed by atoms with E-state index < -0.39 is 6.09 Å². The van der Waals surface area contributed by atoms with Crippen LogP contribution in [0.4, 0.5) is 4.79 Å². The number of rotatable bonds is 6. The lowest BCUT2D eigenvalue weighted by Crippen LogP contribution is -2.47. The first-order valence-corrected chi connectivity index (χ1v) is 10.3. The molecule has 2 heterocycles. The number of hydrogen-bond acceptors (Lipinski definition) is 5. The van der Waals surface area contributed by atoms with Gasteiger partial charge in [-0.1, -0.05) is 12.1 Å². The van der Waals surface area contributed by atoms with Gasteiger partial charge in [0.2, 0.25) is 0 Å². The Balaban J connectivity index is 1.76. The maximum absolute atomic E-state index is 11.8. The van der Waals surface area contributed by atoms with Gasteiger partial charge in [-0.3, -0.25) is 4.90 Å². The summed E-state index contributed by atoms with van der Waals surface area (Å²) in [7, 11) is 3.40. The molecule has 1 aromatic carbocycles. The highest BCUT2D eigenvalue weighted by Gasteiger charge is 2.19. The van der Waals surface area contributed by atoms with E-state index in [2.05, 4.69) is 67.2 Å². The van der Waals surface area contributed by atoms with E-state index in [1.165, 1.54) is 27.6 Å². The molecule has 1 atom stereocenters. The summed E-state index contributed by atoms with van der Waals surface area (Å²) in [6.45, 7) is 0.756. The van der Waals surface area contributed by atoms with Crippen molar-refractivity contribution in [1.82, 2.24) is 10.2 Å². The van der Waals surface area contributed by atoms with E-state index >= 15 is 0 Å². The van der Waals surface area contributed by atoms with Crippen LogP contribution in [-0.4, -0.2) is 31.3 Å².